The van der Waals surface area contributed by atoms with Gasteiger partial charge in [-0.25, -0.2) is 0 Å². The van der Waals surface area contributed by atoms with Gasteiger partial charge in [0, 0.05) is 5.90 Å². The molecule has 0 aromatic rings. The van der Waals surface area contributed by atoms with Crippen LogP contribution in [-0.4, -0.2) is 64.5 Å². The van der Waals surface area contributed by atoms with E-state index < -0.39 is 16.2 Å². The summed E-state index contributed by atoms with van der Waals surface area (Å²) in [6.07, 6.45) is 4.63. The van der Waals surface area contributed by atoms with Crippen LogP contribution in [0, 0.1) is 0 Å². The van der Waals surface area contributed by atoms with E-state index in [0.717, 1.165) is 30.1 Å². The van der Waals surface area contributed by atoms with Gasteiger partial charge in [0.2, 0.25) is 0 Å². The van der Waals surface area contributed by atoms with Gasteiger partial charge in [-0.15, -0.1) is 4.40 Å². The molecule has 1 rings (SSSR count). The number of allylic oxidation sites excluding steroid dienone is 1. The zero-order valence-electron chi connectivity index (χ0n) is 14.3. The lowest BCUT2D eigenvalue weighted by molar-refractivity contribution is -0.910. The van der Waals surface area contributed by atoms with Crippen LogP contribution in [0.25, 0.3) is 0 Å². The lowest BCUT2D eigenvalue weighted by Crippen LogP contribution is -2.43. The molecule has 136 valence electrons. The Morgan fingerprint density at radius 1 is 1.39 bits per heavy atom. The first kappa shape index (κ1) is 21.8. The van der Waals surface area contributed by atoms with Crippen molar-refractivity contribution in [1.82, 2.24) is 0 Å². The summed E-state index contributed by atoms with van der Waals surface area (Å²) in [5, 5.41) is 19.2. The molecule has 0 saturated heterocycles. The minimum absolute atomic E-state index is 0.0417. The van der Waals surface area contributed by atoms with E-state index in [0.29, 0.717) is 6.73 Å². The predicted molar refractivity (Wildman–Crippen MR) is 85.6 cm³/mol. The highest BCUT2D eigenvalue weighted by Crippen LogP contribution is 2.09. The Morgan fingerprint density at radius 2 is 2.04 bits per heavy atom. The Labute approximate surface area is 138 Å². The molecule has 0 amide bonds. The largest absolute Gasteiger partial charge is 0.858 e. The molecule has 0 aromatic carbocycles. The molecule has 1 aliphatic rings. The van der Waals surface area contributed by atoms with Crippen LogP contribution in [0.2, 0.25) is 0 Å². The van der Waals surface area contributed by atoms with Gasteiger partial charge in [-0.1, -0.05) is 19.8 Å². The molecule has 0 atom stereocenters. The maximum absolute atomic E-state index is 10.4. The van der Waals surface area contributed by atoms with Crippen LogP contribution in [0.5, 0.6) is 0 Å². The summed E-state index contributed by atoms with van der Waals surface area (Å²) in [5.41, 5.74) is 0. The van der Waals surface area contributed by atoms with Gasteiger partial charge in [0.05, 0.1) is 27.3 Å². The fourth-order valence-electron chi connectivity index (χ4n) is 1.62. The summed E-state index contributed by atoms with van der Waals surface area (Å²) in [6.45, 7) is 6.08. The molecule has 0 unspecified atom stereocenters. The highest BCUT2D eigenvalue weighted by atomic mass is 32.2. The van der Waals surface area contributed by atoms with Crippen molar-refractivity contribution in [2.45, 2.75) is 33.1 Å². The van der Waals surface area contributed by atoms with Gasteiger partial charge in [-0.2, -0.15) is 8.42 Å². The van der Waals surface area contributed by atoms with E-state index in [-0.39, 0.29) is 12.4 Å². The fraction of sp³-hybridized carbons (Fsp3) is 0.786. The van der Waals surface area contributed by atoms with Crippen molar-refractivity contribution in [3.63, 3.8) is 0 Å². The fourth-order valence-corrected chi connectivity index (χ4v) is 2.31. The van der Waals surface area contributed by atoms with Crippen LogP contribution in [0.15, 0.2) is 16.2 Å². The third-order valence-electron chi connectivity index (χ3n) is 2.80. The minimum Gasteiger partial charge on any atom is -0.858 e. The van der Waals surface area contributed by atoms with E-state index >= 15 is 0 Å². The van der Waals surface area contributed by atoms with Gasteiger partial charge in [0.15, 0.2) is 6.73 Å². The van der Waals surface area contributed by atoms with E-state index in [4.69, 9.17) is 9.84 Å². The topological polar surface area (TPSA) is 108 Å². The van der Waals surface area contributed by atoms with Gasteiger partial charge in [-0.05, 0) is 19.4 Å². The molecular weight excluding hydrogens is 324 g/mol. The number of aliphatic hydroxyl groups excluding tert-OH is 1. The summed E-state index contributed by atoms with van der Waals surface area (Å²) in [7, 11) is 0.157. The smallest absolute Gasteiger partial charge is 0.427 e. The summed E-state index contributed by atoms with van der Waals surface area (Å²) in [5.74, 6) is -0.760. The number of hydrogen-bond donors (Lipinski definition) is 1. The first-order valence-electron chi connectivity index (χ1n) is 7.52. The number of quaternary nitrogens is 1. The van der Waals surface area contributed by atoms with E-state index in [2.05, 4.69) is 29.6 Å². The number of likely N-dealkylation sites (N-methyl/N-ethyl adjacent to an activating group) is 1. The summed E-state index contributed by atoms with van der Waals surface area (Å²) in [6, 6.07) is 0. The molecule has 1 heterocycles. The normalized spacial score (nSPS) is 16.6. The zero-order valence-corrected chi connectivity index (χ0v) is 15.1. The Balaban J connectivity index is 0.000000433. The molecular formula is C14H28N2O6S. The highest BCUT2D eigenvalue weighted by Gasteiger charge is 2.13. The van der Waals surface area contributed by atoms with Gasteiger partial charge in [0.25, 0.3) is 0 Å². The second-order valence-corrected chi connectivity index (χ2v) is 7.03. The van der Waals surface area contributed by atoms with Crippen molar-refractivity contribution in [3.05, 3.63) is 11.8 Å². The minimum atomic E-state index is -3.97. The Kier molecular flexibility index (Phi) is 10.1. The van der Waals surface area contributed by atoms with Gasteiger partial charge < -0.3 is 23.6 Å². The molecule has 0 radical (unpaired) electrons. The summed E-state index contributed by atoms with van der Waals surface area (Å²) < 4.78 is 34.0. The number of aliphatic hydroxyl groups is 1. The Bertz CT molecular complexity index is 499. The molecule has 0 fully saturated rings. The van der Waals surface area contributed by atoms with Gasteiger partial charge >= 0.3 is 10.3 Å². The highest BCUT2D eigenvalue weighted by molar-refractivity contribution is 7.85. The third kappa shape index (κ3) is 12.0. The van der Waals surface area contributed by atoms with Crippen LogP contribution in [0.4, 0.5) is 0 Å². The van der Waals surface area contributed by atoms with Crippen molar-refractivity contribution < 1.29 is 32.0 Å². The number of rotatable bonds is 8. The van der Waals surface area contributed by atoms with Crippen LogP contribution < -0.4 is 5.11 Å². The zero-order chi connectivity index (χ0) is 17.9. The molecule has 1 aliphatic heterocycles. The Morgan fingerprint density at radius 3 is 2.52 bits per heavy atom. The maximum Gasteiger partial charge on any atom is 0.427 e. The lowest BCUT2D eigenvalue weighted by Gasteiger charge is -2.28. The summed E-state index contributed by atoms with van der Waals surface area (Å²) in [4.78, 5) is 0. The molecule has 0 aliphatic carbocycles. The molecule has 1 N–H and O–H groups in total. The molecule has 0 spiro atoms. The molecule has 8 nitrogen and oxygen atoms in total. The van der Waals surface area contributed by atoms with Gasteiger partial charge in [0.1, 0.15) is 12.3 Å². The van der Waals surface area contributed by atoms with Crippen LogP contribution in [0.3, 0.4) is 0 Å². The van der Waals surface area contributed by atoms with E-state index in [1.807, 2.05) is 0 Å². The standard InChI is InChI=1S/C10H24NO2.C4H5NO4S/c1-4-5-6-9-13-10-11(2,3)7-8-12;1-3-2-4(6)5-10(7,8)9-3/h12H,4-10H2,1-3H3;2H,1H3,(H,5,6)/q+1;/p-1. The first-order chi connectivity index (χ1) is 10.6. The maximum atomic E-state index is 10.4. The van der Waals surface area contributed by atoms with Crippen LogP contribution in [-0.2, 0) is 19.2 Å². The second-order valence-electron chi connectivity index (χ2n) is 5.82. The van der Waals surface area contributed by atoms with E-state index in [9.17, 15) is 13.5 Å². The van der Waals surface area contributed by atoms with Crippen molar-refractivity contribution in [1.29, 1.82) is 0 Å². The van der Waals surface area contributed by atoms with Gasteiger partial charge in [-0.3, -0.25) is 0 Å². The molecule has 9 heteroatoms. The van der Waals surface area contributed by atoms with Crippen molar-refractivity contribution in [2.24, 2.45) is 4.40 Å². The average Bonchev–Trinajstić information content (AvgIpc) is 2.36. The molecule has 23 heavy (non-hydrogen) atoms. The molecule has 0 saturated carbocycles. The van der Waals surface area contributed by atoms with Crippen LogP contribution in [0.1, 0.15) is 33.1 Å². The predicted octanol–water partition coefficient (Wildman–Crippen LogP) is 0.143. The van der Waals surface area contributed by atoms with Crippen molar-refractivity contribution in [3.8, 4) is 0 Å². The SMILES string of the molecule is CC1=CC([O-])=NS(=O)(=O)O1.CCCCCOC[N+](C)(C)CCO. The Hall–Kier alpha value is -1.16. The van der Waals surface area contributed by atoms with E-state index in [1.165, 1.54) is 19.8 Å². The monoisotopic (exact) mass is 352 g/mol. The van der Waals surface area contributed by atoms with Crippen LogP contribution >= 0.6 is 0 Å². The second kappa shape index (κ2) is 10.6. The number of hydrogen-bond acceptors (Lipinski definition) is 6. The van der Waals surface area contributed by atoms with Crippen molar-refractivity contribution >= 4 is 16.2 Å². The number of nitrogens with zero attached hydrogens (tertiary/aromatic N) is 2. The lowest BCUT2D eigenvalue weighted by atomic mass is 10.3. The average molecular weight is 352 g/mol. The first-order valence-corrected chi connectivity index (χ1v) is 8.88. The quantitative estimate of drug-likeness (QED) is 0.378. The van der Waals surface area contributed by atoms with Crippen molar-refractivity contribution in [2.75, 3.05) is 40.6 Å². The summed E-state index contributed by atoms with van der Waals surface area (Å²) >= 11 is 0. The number of unbranched alkanes of at least 4 members (excludes halogenated alkanes) is 2. The third-order valence-corrected chi connectivity index (χ3v) is 3.68. The van der Waals surface area contributed by atoms with E-state index in [1.54, 1.807) is 0 Å². The molecule has 0 aromatic heterocycles. The molecule has 0 bridgehead atoms. The number of ether oxygens (including phenoxy) is 1.